The fourth-order valence-corrected chi connectivity index (χ4v) is 9.36. The molecule has 0 radical (unpaired) electrons. The van der Waals surface area contributed by atoms with Crippen molar-refractivity contribution in [3.8, 4) is 0 Å². The average molecular weight is 455 g/mol. The number of hydrogen-bond acceptors (Lipinski definition) is 3. The second-order valence-electron chi connectivity index (χ2n) is 9.32. The highest BCUT2D eigenvalue weighted by Crippen LogP contribution is 2.65. The monoisotopic (exact) mass is 454 g/mol. The molecule has 1 N–H and O–H groups in total. The summed E-state index contributed by atoms with van der Waals surface area (Å²) in [6.45, 7) is 8.48. The van der Waals surface area contributed by atoms with Gasteiger partial charge in [0.25, 0.3) is 5.91 Å². The van der Waals surface area contributed by atoms with Crippen LogP contribution in [0.1, 0.15) is 54.9 Å². The smallest absolute Gasteiger partial charge is 0.344 e. The van der Waals surface area contributed by atoms with Gasteiger partial charge in [0.15, 0.2) is 6.16 Å². The molecule has 1 atom stereocenters. The lowest BCUT2D eigenvalue weighted by Crippen LogP contribution is -2.34. The van der Waals surface area contributed by atoms with Crippen molar-refractivity contribution in [2.24, 2.45) is 0 Å². The Morgan fingerprint density at radius 3 is 2.16 bits per heavy atom. The standard InChI is InChI=1S/C27H36NO3P/c1-20-16-21(2)26(22(3)17-20)28-27(30)23(4)32(14-10-5-6-11-15-32)19-25(29)31-18-24-12-8-7-9-13-24/h7-9,12-13,16-17,23H,5-6,10-11,14-15,18-19H2,1-4H3/p+1. The van der Waals surface area contributed by atoms with Gasteiger partial charge < -0.3 is 10.1 Å². The zero-order chi connectivity index (χ0) is 23.1. The van der Waals surface area contributed by atoms with Crippen LogP contribution in [-0.2, 0) is 20.9 Å². The Kier molecular flexibility index (Phi) is 8.48. The number of anilines is 1. The van der Waals surface area contributed by atoms with E-state index in [0.29, 0.717) is 12.8 Å². The Labute approximate surface area is 193 Å². The first kappa shape index (κ1) is 24.5. The normalized spacial score (nSPS) is 16.6. The minimum atomic E-state index is -1.82. The van der Waals surface area contributed by atoms with Crippen LogP contribution in [0.25, 0.3) is 0 Å². The van der Waals surface area contributed by atoms with Crippen LogP contribution < -0.4 is 5.32 Å². The van der Waals surface area contributed by atoms with Crippen LogP contribution in [0.2, 0.25) is 0 Å². The number of carbonyl (C=O) groups excluding carboxylic acids is 2. The van der Waals surface area contributed by atoms with Crippen LogP contribution in [0, 0.1) is 20.8 Å². The largest absolute Gasteiger partial charge is 0.458 e. The summed E-state index contributed by atoms with van der Waals surface area (Å²) in [5.74, 6) is -0.113. The highest BCUT2D eigenvalue weighted by Gasteiger charge is 2.49. The van der Waals surface area contributed by atoms with Crippen LogP contribution in [0.15, 0.2) is 42.5 Å². The molecule has 172 valence electrons. The molecule has 1 aliphatic rings. The molecule has 1 amide bonds. The summed E-state index contributed by atoms with van der Waals surface area (Å²) in [4.78, 5) is 26.4. The number of nitrogens with one attached hydrogen (secondary N) is 1. The Morgan fingerprint density at radius 2 is 1.56 bits per heavy atom. The van der Waals surface area contributed by atoms with Gasteiger partial charge in [0.05, 0.1) is 12.3 Å². The summed E-state index contributed by atoms with van der Waals surface area (Å²) >= 11 is 0. The maximum atomic E-state index is 13.4. The maximum Gasteiger partial charge on any atom is 0.344 e. The summed E-state index contributed by atoms with van der Waals surface area (Å²) in [5.41, 5.74) is 5.10. The van der Waals surface area contributed by atoms with Gasteiger partial charge in [-0.25, -0.2) is 4.79 Å². The van der Waals surface area contributed by atoms with Crippen molar-refractivity contribution < 1.29 is 14.3 Å². The molecule has 5 heteroatoms. The molecule has 2 aromatic rings. The summed E-state index contributed by atoms with van der Waals surface area (Å²) in [5, 5.41) is 3.22. The van der Waals surface area contributed by atoms with E-state index < -0.39 is 7.26 Å². The van der Waals surface area contributed by atoms with Crippen molar-refractivity contribution in [2.75, 3.05) is 23.8 Å². The number of aryl methyl sites for hydroxylation is 3. The van der Waals surface area contributed by atoms with E-state index in [1.165, 1.54) is 18.4 Å². The third-order valence-electron chi connectivity index (χ3n) is 6.77. The molecule has 0 spiro atoms. The topological polar surface area (TPSA) is 55.4 Å². The van der Waals surface area contributed by atoms with Crippen molar-refractivity contribution in [2.45, 2.75) is 65.6 Å². The van der Waals surface area contributed by atoms with E-state index in [1.807, 2.05) is 51.1 Å². The van der Waals surface area contributed by atoms with Crippen molar-refractivity contribution in [1.82, 2.24) is 0 Å². The number of ether oxygens (including phenoxy) is 1. The van der Waals surface area contributed by atoms with Gasteiger partial charge >= 0.3 is 5.97 Å². The minimum absolute atomic E-state index is 0.0474. The van der Waals surface area contributed by atoms with Crippen molar-refractivity contribution in [3.05, 3.63) is 64.7 Å². The van der Waals surface area contributed by atoms with Crippen molar-refractivity contribution >= 4 is 24.8 Å². The third kappa shape index (κ3) is 6.19. The Balaban J connectivity index is 1.74. The van der Waals surface area contributed by atoms with Gasteiger partial charge in [0.1, 0.15) is 12.3 Å². The van der Waals surface area contributed by atoms with Gasteiger partial charge in [-0.3, -0.25) is 4.79 Å². The Bertz CT molecular complexity index is 910. The molecular weight excluding hydrogens is 417 g/mol. The molecule has 3 rings (SSSR count). The highest BCUT2D eigenvalue weighted by atomic mass is 31.2. The zero-order valence-corrected chi connectivity index (χ0v) is 20.8. The van der Waals surface area contributed by atoms with E-state index in [9.17, 15) is 9.59 Å². The second-order valence-corrected chi connectivity index (χ2v) is 13.7. The Hall–Kier alpha value is -2.19. The van der Waals surface area contributed by atoms with Crippen LogP contribution >= 0.6 is 7.26 Å². The van der Waals surface area contributed by atoms with Crippen LogP contribution in [0.4, 0.5) is 5.69 Å². The first-order valence-electron chi connectivity index (χ1n) is 11.7. The second kappa shape index (κ2) is 11.1. The maximum absolute atomic E-state index is 13.4. The molecule has 4 nitrogen and oxygen atoms in total. The number of hydrogen-bond donors (Lipinski definition) is 1. The van der Waals surface area contributed by atoms with Gasteiger partial charge in [0.2, 0.25) is 0 Å². The van der Waals surface area contributed by atoms with E-state index in [2.05, 4.69) is 24.4 Å². The van der Waals surface area contributed by atoms with Gasteiger partial charge in [-0.15, -0.1) is 0 Å². The molecular formula is C27H37NO3P+. The van der Waals surface area contributed by atoms with Crippen molar-refractivity contribution in [1.29, 1.82) is 0 Å². The summed E-state index contributed by atoms with van der Waals surface area (Å²) in [6.07, 6.45) is 6.96. The number of amides is 1. The number of esters is 1. The molecule has 0 aromatic heterocycles. The van der Waals surface area contributed by atoms with Crippen molar-refractivity contribution in [3.63, 3.8) is 0 Å². The third-order valence-corrected chi connectivity index (χ3v) is 11.9. The molecule has 1 unspecified atom stereocenters. The number of carbonyl (C=O) groups is 2. The van der Waals surface area contributed by atoms with Crippen LogP contribution in [0.5, 0.6) is 0 Å². The molecule has 1 saturated heterocycles. The zero-order valence-electron chi connectivity index (χ0n) is 19.9. The molecule has 1 heterocycles. The fourth-order valence-electron chi connectivity index (χ4n) is 4.90. The van der Waals surface area contributed by atoms with E-state index in [0.717, 1.165) is 47.5 Å². The molecule has 2 aromatic carbocycles. The van der Waals surface area contributed by atoms with E-state index in [4.69, 9.17) is 4.74 Å². The fraction of sp³-hybridized carbons (Fsp3) is 0.481. The molecule has 1 fully saturated rings. The van der Waals surface area contributed by atoms with Crippen LogP contribution in [0.3, 0.4) is 0 Å². The summed E-state index contributed by atoms with van der Waals surface area (Å²) in [6, 6.07) is 14.0. The quantitative estimate of drug-likeness (QED) is 0.396. The summed E-state index contributed by atoms with van der Waals surface area (Å²) in [7, 11) is -1.82. The number of rotatable bonds is 7. The molecule has 0 saturated carbocycles. The summed E-state index contributed by atoms with van der Waals surface area (Å²) < 4.78 is 5.65. The van der Waals surface area contributed by atoms with E-state index >= 15 is 0 Å². The van der Waals surface area contributed by atoms with Crippen LogP contribution in [-0.4, -0.2) is 36.0 Å². The molecule has 0 aliphatic carbocycles. The SMILES string of the molecule is Cc1cc(C)c(NC(=O)C(C)[P+]2(CC(=O)OCc3ccccc3)CCCCCC2)c(C)c1. The lowest BCUT2D eigenvalue weighted by atomic mass is 10.1. The lowest BCUT2D eigenvalue weighted by molar-refractivity contribution is -0.141. The lowest BCUT2D eigenvalue weighted by Gasteiger charge is -2.31. The average Bonchev–Trinajstić information content (AvgIpc) is 3.01. The first-order chi connectivity index (χ1) is 15.3. The molecule has 32 heavy (non-hydrogen) atoms. The predicted octanol–water partition coefficient (Wildman–Crippen LogP) is 6.27. The molecule has 0 bridgehead atoms. The minimum Gasteiger partial charge on any atom is -0.458 e. The first-order valence-corrected chi connectivity index (χ1v) is 14.2. The van der Waals surface area contributed by atoms with Gasteiger partial charge in [-0.2, -0.15) is 0 Å². The number of benzene rings is 2. The highest BCUT2D eigenvalue weighted by molar-refractivity contribution is 7.78. The Morgan fingerprint density at radius 1 is 0.969 bits per heavy atom. The van der Waals surface area contributed by atoms with E-state index in [1.54, 1.807) is 0 Å². The van der Waals surface area contributed by atoms with E-state index in [-0.39, 0.29) is 17.5 Å². The van der Waals surface area contributed by atoms with Gasteiger partial charge in [-0.1, -0.05) is 48.0 Å². The van der Waals surface area contributed by atoms with Gasteiger partial charge in [0, 0.05) is 12.9 Å². The van der Waals surface area contributed by atoms with Gasteiger partial charge in [-0.05, 0) is 70.1 Å². The molecule has 1 aliphatic heterocycles. The predicted molar refractivity (Wildman–Crippen MR) is 135 cm³/mol.